The fraction of sp³-hybridized carbons (Fsp3) is 0.462. The normalized spacial score (nSPS) is 23.1. The third-order valence-electron chi connectivity index (χ3n) is 7.76. The van der Waals surface area contributed by atoms with Gasteiger partial charge in [0.2, 0.25) is 12.5 Å². The number of rotatable bonds is 7. The lowest BCUT2D eigenvalue weighted by Crippen LogP contribution is -2.55. The number of esters is 1. The molecule has 1 saturated heterocycles. The first-order valence-corrected chi connectivity index (χ1v) is 11.9. The summed E-state index contributed by atoms with van der Waals surface area (Å²) >= 11 is 0. The Bertz CT molecular complexity index is 1220. The summed E-state index contributed by atoms with van der Waals surface area (Å²) in [6.07, 6.45) is -0.349. The Morgan fingerprint density at radius 3 is 2.35 bits per heavy atom. The first kappa shape index (κ1) is 24.8. The zero-order chi connectivity index (χ0) is 26.5. The summed E-state index contributed by atoms with van der Waals surface area (Å²) in [4.78, 5) is 27.1. The number of fused-ring (bicyclic) bond motifs is 3. The van der Waals surface area contributed by atoms with Gasteiger partial charge in [-0.25, -0.2) is 4.79 Å². The highest BCUT2D eigenvalue weighted by atomic mass is 16.7. The molecule has 2 aromatic rings. The molecule has 1 amide bonds. The summed E-state index contributed by atoms with van der Waals surface area (Å²) in [5.41, 5.74) is 6.69. The minimum absolute atomic E-state index is 0.105. The van der Waals surface area contributed by atoms with E-state index in [2.05, 4.69) is 0 Å². The van der Waals surface area contributed by atoms with Crippen molar-refractivity contribution in [3.63, 3.8) is 0 Å². The number of benzene rings is 2. The number of carbonyl (C=O) groups is 2. The molecule has 0 aromatic heterocycles. The number of phenols is 1. The number of cyclic esters (lactones) is 1. The molecule has 4 atom stereocenters. The molecular weight excluding hydrogens is 484 g/mol. The monoisotopic (exact) mass is 514 g/mol. The first-order chi connectivity index (χ1) is 17.7. The van der Waals surface area contributed by atoms with E-state index in [0.29, 0.717) is 23.5 Å². The molecule has 5 rings (SSSR count). The van der Waals surface area contributed by atoms with Crippen LogP contribution in [0.25, 0.3) is 0 Å². The second kappa shape index (κ2) is 9.22. The average molecular weight is 515 g/mol. The minimum atomic E-state index is -1.17. The lowest BCUT2D eigenvalue weighted by Gasteiger charge is -2.50. The Morgan fingerprint density at radius 1 is 1.11 bits per heavy atom. The van der Waals surface area contributed by atoms with E-state index in [4.69, 9.17) is 34.2 Å². The van der Waals surface area contributed by atoms with E-state index in [1.54, 1.807) is 12.1 Å². The van der Waals surface area contributed by atoms with Crippen molar-refractivity contribution in [2.24, 2.45) is 17.6 Å². The molecule has 0 saturated carbocycles. The first-order valence-electron chi connectivity index (χ1n) is 11.9. The number of likely N-dealkylation sites (N-methyl/N-ethyl adjacent to an activating group) is 1. The topological polar surface area (TPSA) is 139 Å². The second-order valence-electron chi connectivity index (χ2n) is 9.66. The lowest BCUT2D eigenvalue weighted by atomic mass is 9.60. The van der Waals surface area contributed by atoms with Crippen LogP contribution in [0.2, 0.25) is 0 Å². The molecule has 37 heavy (non-hydrogen) atoms. The van der Waals surface area contributed by atoms with Crippen molar-refractivity contribution < 1.29 is 43.1 Å². The molecule has 11 heteroatoms. The SMILES string of the molecule is COc1cc(C(COC(N)=O)(C2c3cc4c(cc3CC3COC(=O)C32)OCO4)N(C)C)cc(OC)c1O. The van der Waals surface area contributed by atoms with Gasteiger partial charge in [0.05, 0.1) is 32.3 Å². The van der Waals surface area contributed by atoms with Gasteiger partial charge in [0, 0.05) is 11.8 Å². The smallest absolute Gasteiger partial charge is 0.404 e. The summed E-state index contributed by atoms with van der Waals surface area (Å²) in [6.45, 7) is 0.172. The minimum Gasteiger partial charge on any atom is -0.502 e. The van der Waals surface area contributed by atoms with Gasteiger partial charge >= 0.3 is 12.1 Å². The lowest BCUT2D eigenvalue weighted by molar-refractivity contribution is -0.143. The number of carbonyl (C=O) groups excluding carboxylic acids is 2. The number of nitrogens with zero attached hydrogens (tertiary/aromatic N) is 1. The highest BCUT2D eigenvalue weighted by molar-refractivity contribution is 5.78. The Balaban J connectivity index is 1.82. The maximum Gasteiger partial charge on any atom is 0.404 e. The molecule has 0 spiro atoms. The molecule has 2 heterocycles. The van der Waals surface area contributed by atoms with Crippen molar-refractivity contribution >= 4 is 12.1 Å². The predicted molar refractivity (Wildman–Crippen MR) is 129 cm³/mol. The van der Waals surface area contributed by atoms with E-state index in [1.165, 1.54) is 14.2 Å². The summed E-state index contributed by atoms with van der Waals surface area (Å²) in [5.74, 6) is -0.227. The third kappa shape index (κ3) is 3.85. The van der Waals surface area contributed by atoms with Gasteiger partial charge in [0.15, 0.2) is 23.0 Å². The largest absolute Gasteiger partial charge is 0.502 e. The number of ether oxygens (including phenoxy) is 6. The van der Waals surface area contributed by atoms with Gasteiger partial charge in [0.1, 0.15) is 6.61 Å². The molecule has 11 nitrogen and oxygen atoms in total. The average Bonchev–Trinajstić information content (AvgIpc) is 3.48. The van der Waals surface area contributed by atoms with Crippen LogP contribution in [0.15, 0.2) is 24.3 Å². The van der Waals surface area contributed by atoms with Crippen LogP contribution in [0.3, 0.4) is 0 Å². The molecule has 2 aromatic carbocycles. The number of amides is 1. The number of primary amides is 1. The summed E-state index contributed by atoms with van der Waals surface area (Å²) in [7, 11) is 6.51. The number of nitrogens with two attached hydrogens (primary N) is 1. The zero-order valence-electron chi connectivity index (χ0n) is 21.1. The molecule has 1 aliphatic carbocycles. The number of hydrogen-bond acceptors (Lipinski definition) is 10. The molecule has 0 bridgehead atoms. The number of phenolic OH excluding ortho intramolecular Hbond substituents is 1. The van der Waals surface area contributed by atoms with Gasteiger partial charge in [-0.1, -0.05) is 0 Å². The Kier molecular flexibility index (Phi) is 6.18. The fourth-order valence-electron chi connectivity index (χ4n) is 6.01. The van der Waals surface area contributed by atoms with Crippen molar-refractivity contribution in [1.29, 1.82) is 0 Å². The van der Waals surface area contributed by atoms with Gasteiger partial charge in [-0.3, -0.25) is 9.69 Å². The number of methoxy groups -OCH3 is 2. The van der Waals surface area contributed by atoms with Crippen LogP contribution in [0.1, 0.15) is 22.6 Å². The van der Waals surface area contributed by atoms with Crippen molar-refractivity contribution in [3.05, 3.63) is 41.0 Å². The molecule has 4 unspecified atom stereocenters. The molecule has 3 N–H and O–H groups in total. The molecule has 2 aliphatic heterocycles. The predicted octanol–water partition coefficient (Wildman–Crippen LogP) is 2.12. The quantitative estimate of drug-likeness (QED) is 0.528. The van der Waals surface area contributed by atoms with Crippen LogP contribution in [0.5, 0.6) is 28.7 Å². The highest BCUT2D eigenvalue weighted by Gasteiger charge is 2.58. The number of hydrogen-bond donors (Lipinski definition) is 2. The number of aromatic hydroxyl groups is 1. The van der Waals surface area contributed by atoms with Crippen molar-refractivity contribution in [1.82, 2.24) is 4.90 Å². The van der Waals surface area contributed by atoms with E-state index < -0.39 is 23.5 Å². The highest BCUT2D eigenvalue weighted by Crippen LogP contribution is 2.57. The van der Waals surface area contributed by atoms with Crippen LogP contribution in [-0.4, -0.2) is 70.4 Å². The van der Waals surface area contributed by atoms with E-state index in [9.17, 15) is 14.7 Å². The van der Waals surface area contributed by atoms with Gasteiger partial charge in [-0.2, -0.15) is 0 Å². The maximum atomic E-state index is 13.3. The maximum absolute atomic E-state index is 13.3. The third-order valence-corrected chi connectivity index (χ3v) is 7.76. The van der Waals surface area contributed by atoms with E-state index in [1.807, 2.05) is 31.1 Å². The van der Waals surface area contributed by atoms with Crippen LogP contribution >= 0.6 is 0 Å². The van der Waals surface area contributed by atoms with E-state index in [0.717, 1.165) is 11.1 Å². The Labute approximate surface area is 213 Å². The summed E-state index contributed by atoms with van der Waals surface area (Å²) in [5, 5.41) is 10.6. The summed E-state index contributed by atoms with van der Waals surface area (Å²) < 4.78 is 33.3. The molecule has 3 aliphatic rings. The molecular formula is C26H30N2O9. The van der Waals surface area contributed by atoms with Crippen LogP contribution in [-0.2, 0) is 26.2 Å². The van der Waals surface area contributed by atoms with Crippen LogP contribution in [0.4, 0.5) is 4.79 Å². The van der Waals surface area contributed by atoms with Gasteiger partial charge in [-0.15, -0.1) is 0 Å². The standard InChI is InChI=1S/C26H30N2O9/c1-28(2)26(11-35-25(27)31,15-7-19(32-3)23(29)20(8-15)33-4)22-16-9-18-17(36-12-37-18)6-13(16)5-14-10-34-24(30)21(14)22/h6-9,14,21-22,29H,5,10-12H2,1-4H3,(H2,27,31). The molecule has 1 fully saturated rings. The second-order valence-corrected chi connectivity index (χ2v) is 9.66. The van der Waals surface area contributed by atoms with Gasteiger partial charge in [-0.05, 0) is 61.5 Å². The Hall–Kier alpha value is -3.86. The van der Waals surface area contributed by atoms with E-state index >= 15 is 0 Å². The zero-order valence-corrected chi connectivity index (χ0v) is 21.1. The van der Waals surface area contributed by atoms with Crippen molar-refractivity contribution in [3.8, 4) is 28.7 Å². The van der Waals surface area contributed by atoms with E-state index in [-0.39, 0.29) is 49.1 Å². The van der Waals surface area contributed by atoms with Crippen molar-refractivity contribution in [2.45, 2.75) is 17.9 Å². The van der Waals surface area contributed by atoms with Crippen LogP contribution in [0, 0.1) is 11.8 Å². The van der Waals surface area contributed by atoms with Gasteiger partial charge in [0.25, 0.3) is 0 Å². The Morgan fingerprint density at radius 2 is 1.76 bits per heavy atom. The molecule has 198 valence electrons. The van der Waals surface area contributed by atoms with Crippen molar-refractivity contribution in [2.75, 3.05) is 48.3 Å². The fourth-order valence-corrected chi connectivity index (χ4v) is 6.01. The summed E-state index contributed by atoms with van der Waals surface area (Å²) in [6, 6.07) is 7.14. The van der Waals surface area contributed by atoms with Crippen LogP contribution < -0.4 is 24.7 Å². The van der Waals surface area contributed by atoms with Gasteiger partial charge < -0.3 is 39.3 Å². The molecule has 0 radical (unpaired) electrons.